The van der Waals surface area contributed by atoms with Gasteiger partial charge in [-0.2, -0.15) is 5.10 Å². The number of anilines is 3. The molecule has 2 atom stereocenters. The lowest BCUT2D eigenvalue weighted by Gasteiger charge is -2.56. The van der Waals surface area contributed by atoms with Gasteiger partial charge in [0.25, 0.3) is 0 Å². The Morgan fingerprint density at radius 2 is 1.86 bits per heavy atom. The Balaban J connectivity index is 1.13. The van der Waals surface area contributed by atoms with E-state index in [1.807, 2.05) is 44.4 Å². The van der Waals surface area contributed by atoms with Crippen molar-refractivity contribution < 1.29 is 0 Å². The first-order valence-electron chi connectivity index (χ1n) is 11.7. The lowest BCUT2D eigenvalue weighted by molar-refractivity contribution is -0.00875. The molecule has 4 aromatic rings. The van der Waals surface area contributed by atoms with E-state index in [1.54, 1.807) is 0 Å². The van der Waals surface area contributed by atoms with Gasteiger partial charge in [0.2, 0.25) is 0 Å². The van der Waals surface area contributed by atoms with Crippen LogP contribution in [0, 0.1) is 13.8 Å². The van der Waals surface area contributed by atoms with Crippen LogP contribution in [0.5, 0.6) is 0 Å². The number of aryl methyl sites for hydroxylation is 2. The fourth-order valence-electron chi connectivity index (χ4n) is 4.92. The standard InChI is InChI=1S/C25H26BrN9/c1-15-7-22(30-23-8-16(2)32-33-23)31-25(29-15)18-4-6-24(28-11-18)34-13-19-9-20(14-34)35(19)12-17-3-5-21(26)27-10-17/h3-8,10-11,19-20H,9,12-14H2,1-2H3,(H2,29,30,31,32,33). The summed E-state index contributed by atoms with van der Waals surface area (Å²) >= 11 is 3.41. The normalized spacial score (nSPS) is 19.5. The molecule has 2 bridgehead atoms. The molecule has 4 aromatic heterocycles. The number of piperazine rings is 1. The average Bonchev–Trinajstić information content (AvgIpc) is 3.27. The van der Waals surface area contributed by atoms with Crippen LogP contribution in [-0.4, -0.2) is 60.2 Å². The highest BCUT2D eigenvalue weighted by atomic mass is 79.9. The predicted octanol–water partition coefficient (Wildman–Crippen LogP) is 4.24. The maximum atomic E-state index is 4.77. The smallest absolute Gasteiger partial charge is 0.163 e. The molecule has 3 aliphatic rings. The molecular weight excluding hydrogens is 506 g/mol. The molecule has 0 spiro atoms. The van der Waals surface area contributed by atoms with Crippen LogP contribution in [0.2, 0.25) is 0 Å². The van der Waals surface area contributed by atoms with Crippen LogP contribution in [0.25, 0.3) is 11.4 Å². The Labute approximate surface area is 212 Å². The molecule has 3 aliphatic heterocycles. The first kappa shape index (κ1) is 22.1. The van der Waals surface area contributed by atoms with Crippen LogP contribution in [0.3, 0.4) is 0 Å². The van der Waals surface area contributed by atoms with E-state index in [4.69, 9.17) is 4.98 Å². The van der Waals surface area contributed by atoms with Gasteiger partial charge in [0.1, 0.15) is 16.2 Å². The van der Waals surface area contributed by atoms with Crippen molar-refractivity contribution in [2.45, 2.75) is 38.9 Å². The summed E-state index contributed by atoms with van der Waals surface area (Å²) in [5.41, 5.74) is 4.02. The molecule has 10 heteroatoms. The number of nitrogens with zero attached hydrogens (tertiary/aromatic N) is 7. The van der Waals surface area contributed by atoms with E-state index in [2.05, 4.69) is 74.4 Å². The summed E-state index contributed by atoms with van der Waals surface area (Å²) in [5, 5.41) is 10.4. The van der Waals surface area contributed by atoms with Crippen molar-refractivity contribution in [3.8, 4) is 11.4 Å². The molecule has 2 N–H and O–H groups in total. The molecule has 0 amide bonds. The molecule has 0 aliphatic carbocycles. The van der Waals surface area contributed by atoms with Crippen molar-refractivity contribution in [1.29, 1.82) is 0 Å². The van der Waals surface area contributed by atoms with E-state index < -0.39 is 0 Å². The Morgan fingerprint density at radius 3 is 2.54 bits per heavy atom. The van der Waals surface area contributed by atoms with E-state index in [0.717, 1.165) is 52.8 Å². The van der Waals surface area contributed by atoms with Crippen molar-refractivity contribution >= 4 is 33.4 Å². The number of piperidine rings is 1. The van der Waals surface area contributed by atoms with Crippen LogP contribution in [0.4, 0.5) is 17.5 Å². The lowest BCUT2D eigenvalue weighted by atomic mass is 9.87. The molecular formula is C25H26BrN9. The van der Waals surface area contributed by atoms with Gasteiger partial charge in [-0.15, -0.1) is 0 Å². The van der Waals surface area contributed by atoms with E-state index in [-0.39, 0.29) is 0 Å². The molecule has 35 heavy (non-hydrogen) atoms. The van der Waals surface area contributed by atoms with Crippen molar-refractivity contribution in [2.24, 2.45) is 0 Å². The largest absolute Gasteiger partial charge is 0.353 e. The number of fused-ring (bicyclic) bond motifs is 2. The molecule has 9 nitrogen and oxygen atoms in total. The molecule has 3 fully saturated rings. The second kappa shape index (κ2) is 9.01. The van der Waals surface area contributed by atoms with Gasteiger partial charge in [-0.3, -0.25) is 10.00 Å². The van der Waals surface area contributed by atoms with Crippen molar-refractivity contribution in [1.82, 2.24) is 35.0 Å². The number of H-pyrrole nitrogens is 1. The van der Waals surface area contributed by atoms with Gasteiger partial charge in [0.15, 0.2) is 11.6 Å². The molecule has 0 aromatic carbocycles. The van der Waals surface area contributed by atoms with Gasteiger partial charge in [0.05, 0.1) is 0 Å². The molecule has 7 rings (SSSR count). The van der Waals surface area contributed by atoms with Crippen LogP contribution in [0.1, 0.15) is 23.4 Å². The molecule has 7 heterocycles. The van der Waals surface area contributed by atoms with Crippen LogP contribution < -0.4 is 10.2 Å². The zero-order chi connectivity index (χ0) is 23.9. The third kappa shape index (κ3) is 4.63. The number of hydrogen-bond donors (Lipinski definition) is 2. The summed E-state index contributed by atoms with van der Waals surface area (Å²) in [6.07, 6.45) is 5.08. The van der Waals surface area contributed by atoms with E-state index in [0.29, 0.717) is 23.7 Å². The SMILES string of the molecule is Cc1cc(Nc2cc(C)[nH]n2)nc(-c2ccc(N3CC4CC(C3)N4Cc3ccc(Br)nc3)nc2)n1. The summed E-state index contributed by atoms with van der Waals surface area (Å²) in [5.74, 6) is 3.09. The minimum absolute atomic E-state index is 0.554. The van der Waals surface area contributed by atoms with E-state index >= 15 is 0 Å². The van der Waals surface area contributed by atoms with Crippen molar-refractivity contribution in [2.75, 3.05) is 23.3 Å². The number of aromatic nitrogens is 6. The fourth-order valence-corrected chi connectivity index (χ4v) is 5.16. The Kier molecular flexibility index (Phi) is 5.69. The van der Waals surface area contributed by atoms with Crippen molar-refractivity contribution in [3.05, 3.63) is 70.3 Å². The molecule has 2 unspecified atom stereocenters. The molecule has 3 saturated heterocycles. The molecule has 0 radical (unpaired) electrons. The average molecular weight is 532 g/mol. The van der Waals surface area contributed by atoms with Crippen LogP contribution in [0.15, 0.2) is 53.4 Å². The first-order valence-corrected chi connectivity index (χ1v) is 12.5. The van der Waals surface area contributed by atoms with Gasteiger partial charge < -0.3 is 10.2 Å². The van der Waals surface area contributed by atoms with Gasteiger partial charge in [-0.05, 0) is 60.0 Å². The number of aromatic amines is 1. The summed E-state index contributed by atoms with van der Waals surface area (Å²) in [6, 6.07) is 13.3. The zero-order valence-electron chi connectivity index (χ0n) is 19.6. The highest BCUT2D eigenvalue weighted by Crippen LogP contribution is 2.35. The minimum atomic E-state index is 0.554. The predicted molar refractivity (Wildman–Crippen MR) is 138 cm³/mol. The van der Waals surface area contributed by atoms with E-state index in [9.17, 15) is 0 Å². The van der Waals surface area contributed by atoms with E-state index in [1.165, 1.54) is 12.0 Å². The maximum absolute atomic E-state index is 4.77. The maximum Gasteiger partial charge on any atom is 0.163 e. The third-order valence-corrected chi connectivity index (χ3v) is 7.11. The van der Waals surface area contributed by atoms with Crippen molar-refractivity contribution in [3.63, 3.8) is 0 Å². The third-order valence-electron chi connectivity index (χ3n) is 6.64. The number of pyridine rings is 2. The van der Waals surface area contributed by atoms with Gasteiger partial charge in [0, 0.05) is 73.2 Å². The highest BCUT2D eigenvalue weighted by molar-refractivity contribution is 9.10. The number of hydrogen-bond acceptors (Lipinski definition) is 8. The van der Waals surface area contributed by atoms with Gasteiger partial charge >= 0.3 is 0 Å². The second-order valence-corrected chi connectivity index (χ2v) is 10.1. The number of rotatable bonds is 6. The van der Waals surface area contributed by atoms with Crippen LogP contribution in [-0.2, 0) is 6.54 Å². The Hall–Kier alpha value is -3.37. The fraction of sp³-hybridized carbons (Fsp3) is 0.320. The zero-order valence-corrected chi connectivity index (χ0v) is 21.2. The van der Waals surface area contributed by atoms with Gasteiger partial charge in [-0.1, -0.05) is 6.07 Å². The van der Waals surface area contributed by atoms with Gasteiger partial charge in [-0.25, -0.2) is 19.9 Å². The Bertz CT molecular complexity index is 1320. The summed E-state index contributed by atoms with van der Waals surface area (Å²) in [4.78, 5) is 23.4. The summed E-state index contributed by atoms with van der Waals surface area (Å²) in [7, 11) is 0. The molecule has 178 valence electrons. The lowest BCUT2D eigenvalue weighted by Crippen LogP contribution is -2.68. The minimum Gasteiger partial charge on any atom is -0.353 e. The van der Waals surface area contributed by atoms with Crippen LogP contribution >= 0.6 is 15.9 Å². The monoisotopic (exact) mass is 531 g/mol. The topological polar surface area (TPSA) is 98.8 Å². The Morgan fingerprint density at radius 1 is 1.00 bits per heavy atom. The number of halogens is 1. The highest BCUT2D eigenvalue weighted by Gasteiger charge is 2.44. The second-order valence-electron chi connectivity index (χ2n) is 9.29. The first-order chi connectivity index (χ1) is 17.0. The number of nitrogens with one attached hydrogen (secondary N) is 2. The quantitative estimate of drug-likeness (QED) is 0.356. The molecule has 0 saturated carbocycles. The summed E-state index contributed by atoms with van der Waals surface area (Å²) in [6.45, 7) is 6.86. The summed E-state index contributed by atoms with van der Waals surface area (Å²) < 4.78 is 0.877.